The molecule has 1 heterocycles. The first-order valence-corrected chi connectivity index (χ1v) is 7.48. The third kappa shape index (κ3) is 4.26. The average molecular weight is 269 g/mol. The van der Waals surface area contributed by atoms with Gasteiger partial charge in [0, 0.05) is 23.8 Å². The smallest absolute Gasteiger partial charge is 0.123 e. The summed E-state index contributed by atoms with van der Waals surface area (Å²) in [7, 11) is 0. The van der Waals surface area contributed by atoms with Crippen molar-refractivity contribution in [3.8, 4) is 0 Å². The molecule has 0 saturated carbocycles. The van der Waals surface area contributed by atoms with E-state index < -0.39 is 0 Å². The lowest BCUT2D eigenvalue weighted by Gasteiger charge is -2.30. The first kappa shape index (κ1) is 13.8. The zero-order chi connectivity index (χ0) is 12.8. The summed E-state index contributed by atoms with van der Waals surface area (Å²) in [4.78, 5) is 3.57. The molecule has 1 saturated heterocycles. The van der Waals surface area contributed by atoms with Crippen LogP contribution in [0.2, 0.25) is 0 Å². The number of benzene rings is 1. The van der Waals surface area contributed by atoms with E-state index in [0.717, 1.165) is 43.1 Å². The number of rotatable bonds is 5. The van der Waals surface area contributed by atoms with Crippen molar-refractivity contribution in [3.63, 3.8) is 0 Å². The molecular weight excluding hydrogens is 249 g/mol. The van der Waals surface area contributed by atoms with Crippen molar-refractivity contribution in [2.45, 2.75) is 17.7 Å². The second kappa shape index (κ2) is 7.12. The van der Waals surface area contributed by atoms with Crippen LogP contribution in [0.1, 0.15) is 12.8 Å². The number of aliphatic hydroxyl groups excluding tert-OH is 1. The van der Waals surface area contributed by atoms with Gasteiger partial charge in [0.15, 0.2) is 0 Å². The third-order valence-electron chi connectivity index (χ3n) is 3.46. The maximum atomic E-state index is 12.7. The number of likely N-dealkylation sites (tertiary alicyclic amines) is 1. The van der Waals surface area contributed by atoms with Crippen molar-refractivity contribution in [1.82, 2.24) is 4.90 Å². The van der Waals surface area contributed by atoms with Crippen LogP contribution < -0.4 is 0 Å². The van der Waals surface area contributed by atoms with E-state index in [-0.39, 0.29) is 5.82 Å². The largest absolute Gasteiger partial charge is 0.396 e. The minimum atomic E-state index is -0.176. The molecule has 18 heavy (non-hydrogen) atoms. The molecule has 0 bridgehead atoms. The molecule has 0 aliphatic carbocycles. The highest BCUT2D eigenvalue weighted by Crippen LogP contribution is 2.20. The number of hydrogen-bond donors (Lipinski definition) is 1. The predicted octanol–water partition coefficient (Wildman–Crippen LogP) is 2.62. The molecule has 1 fully saturated rings. The Morgan fingerprint density at radius 2 is 1.89 bits per heavy atom. The van der Waals surface area contributed by atoms with Gasteiger partial charge in [-0.25, -0.2) is 4.39 Å². The van der Waals surface area contributed by atoms with Crippen LogP contribution in [0, 0.1) is 11.7 Å². The minimum absolute atomic E-state index is 0.176. The van der Waals surface area contributed by atoms with Crippen LogP contribution in [0.4, 0.5) is 4.39 Å². The van der Waals surface area contributed by atoms with Crippen LogP contribution in [-0.4, -0.2) is 42.0 Å². The lowest BCUT2D eigenvalue weighted by molar-refractivity contribution is 0.136. The number of piperidine rings is 1. The van der Waals surface area contributed by atoms with Gasteiger partial charge in [-0.05, 0) is 56.1 Å². The number of hydrogen-bond acceptors (Lipinski definition) is 3. The summed E-state index contributed by atoms with van der Waals surface area (Å²) >= 11 is 1.77. The normalized spacial score (nSPS) is 18.1. The Balaban J connectivity index is 1.65. The van der Waals surface area contributed by atoms with Crippen LogP contribution in [0.25, 0.3) is 0 Å². The summed E-state index contributed by atoms with van der Waals surface area (Å²) in [6.07, 6.45) is 2.22. The Labute approximate surface area is 112 Å². The first-order chi connectivity index (χ1) is 8.78. The summed E-state index contributed by atoms with van der Waals surface area (Å²) in [5.74, 6) is 1.37. The van der Waals surface area contributed by atoms with Gasteiger partial charge in [-0.2, -0.15) is 0 Å². The van der Waals surface area contributed by atoms with E-state index in [2.05, 4.69) is 4.90 Å². The maximum Gasteiger partial charge on any atom is 0.123 e. The SMILES string of the molecule is OCC1CCN(CCSc2ccc(F)cc2)CC1. The van der Waals surface area contributed by atoms with E-state index in [4.69, 9.17) is 5.11 Å². The minimum Gasteiger partial charge on any atom is -0.396 e. The van der Waals surface area contributed by atoms with Crippen molar-refractivity contribution in [3.05, 3.63) is 30.1 Å². The third-order valence-corrected chi connectivity index (χ3v) is 4.45. The monoisotopic (exact) mass is 269 g/mol. The van der Waals surface area contributed by atoms with Gasteiger partial charge in [0.1, 0.15) is 5.82 Å². The van der Waals surface area contributed by atoms with Gasteiger partial charge in [0.05, 0.1) is 0 Å². The molecule has 0 atom stereocenters. The molecule has 1 aliphatic heterocycles. The second-order valence-electron chi connectivity index (χ2n) is 4.77. The van der Waals surface area contributed by atoms with Crippen LogP contribution in [0.3, 0.4) is 0 Å². The summed E-state index contributed by atoms with van der Waals surface area (Å²) in [6.45, 7) is 3.59. The zero-order valence-corrected chi connectivity index (χ0v) is 11.3. The molecule has 100 valence electrons. The van der Waals surface area contributed by atoms with Gasteiger partial charge in [0.25, 0.3) is 0 Å². The van der Waals surface area contributed by atoms with E-state index in [1.54, 1.807) is 11.8 Å². The number of halogens is 1. The molecule has 0 amide bonds. The Morgan fingerprint density at radius 1 is 1.22 bits per heavy atom. The fraction of sp³-hybridized carbons (Fsp3) is 0.571. The van der Waals surface area contributed by atoms with E-state index in [1.165, 1.54) is 12.1 Å². The highest BCUT2D eigenvalue weighted by Gasteiger charge is 2.17. The van der Waals surface area contributed by atoms with Crippen molar-refractivity contribution >= 4 is 11.8 Å². The number of nitrogens with zero attached hydrogens (tertiary/aromatic N) is 1. The van der Waals surface area contributed by atoms with Gasteiger partial charge in [0.2, 0.25) is 0 Å². The van der Waals surface area contributed by atoms with Gasteiger partial charge < -0.3 is 10.0 Å². The van der Waals surface area contributed by atoms with E-state index >= 15 is 0 Å². The number of thioether (sulfide) groups is 1. The molecule has 2 rings (SSSR count). The average Bonchev–Trinajstić information content (AvgIpc) is 2.42. The van der Waals surface area contributed by atoms with Gasteiger partial charge in [-0.1, -0.05) is 0 Å². The molecule has 2 nitrogen and oxygen atoms in total. The molecule has 1 aliphatic rings. The summed E-state index contributed by atoms with van der Waals surface area (Å²) in [5, 5.41) is 9.07. The lowest BCUT2D eigenvalue weighted by Crippen LogP contribution is -2.36. The highest BCUT2D eigenvalue weighted by molar-refractivity contribution is 7.99. The molecule has 0 unspecified atom stereocenters. The second-order valence-corrected chi connectivity index (χ2v) is 5.94. The molecule has 1 N–H and O–H groups in total. The molecule has 1 aromatic carbocycles. The summed E-state index contributed by atoms with van der Waals surface area (Å²) < 4.78 is 12.7. The van der Waals surface area contributed by atoms with Crippen molar-refractivity contribution < 1.29 is 9.50 Å². The first-order valence-electron chi connectivity index (χ1n) is 6.49. The predicted molar refractivity (Wildman–Crippen MR) is 73.4 cm³/mol. The van der Waals surface area contributed by atoms with Crippen molar-refractivity contribution in [2.75, 3.05) is 32.0 Å². The van der Waals surface area contributed by atoms with Crippen molar-refractivity contribution in [2.24, 2.45) is 5.92 Å². The van der Waals surface area contributed by atoms with Crippen LogP contribution in [-0.2, 0) is 0 Å². The van der Waals surface area contributed by atoms with E-state index in [0.29, 0.717) is 12.5 Å². The molecular formula is C14H20FNOS. The number of aliphatic hydroxyl groups is 1. The van der Waals surface area contributed by atoms with Gasteiger partial charge in [-0.3, -0.25) is 0 Å². The Hall–Kier alpha value is -0.580. The Morgan fingerprint density at radius 3 is 2.50 bits per heavy atom. The van der Waals surface area contributed by atoms with Crippen LogP contribution in [0.5, 0.6) is 0 Å². The Bertz CT molecular complexity index is 349. The molecule has 1 aromatic rings. The van der Waals surface area contributed by atoms with E-state index in [1.807, 2.05) is 12.1 Å². The van der Waals surface area contributed by atoms with Gasteiger partial charge in [-0.15, -0.1) is 11.8 Å². The molecule has 0 aromatic heterocycles. The summed E-state index contributed by atoms with van der Waals surface area (Å²) in [6, 6.07) is 6.68. The maximum absolute atomic E-state index is 12.7. The summed E-state index contributed by atoms with van der Waals surface area (Å²) in [5.41, 5.74) is 0. The Kier molecular flexibility index (Phi) is 5.47. The molecule has 0 radical (unpaired) electrons. The lowest BCUT2D eigenvalue weighted by atomic mass is 9.98. The van der Waals surface area contributed by atoms with Crippen molar-refractivity contribution in [1.29, 1.82) is 0 Å². The standard InChI is InChI=1S/C14H20FNOS/c15-13-1-3-14(4-2-13)18-10-9-16-7-5-12(11-17)6-8-16/h1-4,12,17H,5-11H2. The molecule has 0 spiro atoms. The zero-order valence-electron chi connectivity index (χ0n) is 10.5. The fourth-order valence-corrected chi connectivity index (χ4v) is 3.13. The fourth-order valence-electron chi connectivity index (χ4n) is 2.22. The quantitative estimate of drug-likeness (QED) is 0.831. The van der Waals surface area contributed by atoms with Crippen LogP contribution in [0.15, 0.2) is 29.2 Å². The highest BCUT2D eigenvalue weighted by atomic mass is 32.2. The van der Waals surface area contributed by atoms with Crippen LogP contribution >= 0.6 is 11.8 Å². The molecule has 4 heteroatoms. The van der Waals surface area contributed by atoms with Gasteiger partial charge >= 0.3 is 0 Å². The van der Waals surface area contributed by atoms with E-state index in [9.17, 15) is 4.39 Å². The topological polar surface area (TPSA) is 23.5 Å².